The molecule has 0 aliphatic carbocycles. The van der Waals surface area contributed by atoms with Crippen molar-refractivity contribution in [3.63, 3.8) is 0 Å². The Kier molecular flexibility index (Phi) is 3.88. The molecule has 0 unspecified atom stereocenters. The van der Waals surface area contributed by atoms with E-state index < -0.39 is 0 Å². The molecule has 1 aliphatic rings. The van der Waals surface area contributed by atoms with Gasteiger partial charge in [0.15, 0.2) is 5.82 Å². The number of anilines is 3. The van der Waals surface area contributed by atoms with Gasteiger partial charge in [0.1, 0.15) is 17.5 Å². The molecule has 1 aliphatic heterocycles. The van der Waals surface area contributed by atoms with Crippen molar-refractivity contribution in [2.45, 2.75) is 6.92 Å². The number of piperazine rings is 1. The number of nitrogen functional groups attached to an aromatic ring is 1. The first-order valence-electron chi connectivity index (χ1n) is 8.13. The Morgan fingerprint density at radius 2 is 1.64 bits per heavy atom. The summed E-state index contributed by atoms with van der Waals surface area (Å²) in [6, 6.07) is 5.70. The van der Waals surface area contributed by atoms with E-state index in [-0.39, 0.29) is 5.95 Å². The van der Waals surface area contributed by atoms with Crippen LogP contribution in [0.3, 0.4) is 0 Å². The Bertz CT molecular complexity index is 854. The second kappa shape index (κ2) is 6.34. The zero-order valence-electron chi connectivity index (χ0n) is 13.9. The minimum absolute atomic E-state index is 0.247. The summed E-state index contributed by atoms with van der Waals surface area (Å²) in [5.74, 6) is 3.48. The van der Waals surface area contributed by atoms with Crippen molar-refractivity contribution in [3.05, 3.63) is 42.6 Å². The van der Waals surface area contributed by atoms with E-state index >= 15 is 0 Å². The third kappa shape index (κ3) is 3.21. The third-order valence-electron chi connectivity index (χ3n) is 4.14. The van der Waals surface area contributed by atoms with Gasteiger partial charge < -0.3 is 15.5 Å². The van der Waals surface area contributed by atoms with Crippen molar-refractivity contribution in [1.82, 2.24) is 29.7 Å². The Balaban J connectivity index is 1.51. The van der Waals surface area contributed by atoms with E-state index in [1.54, 1.807) is 17.1 Å². The van der Waals surface area contributed by atoms with Crippen LogP contribution in [-0.2, 0) is 0 Å². The van der Waals surface area contributed by atoms with Crippen molar-refractivity contribution in [2.24, 2.45) is 0 Å². The highest BCUT2D eigenvalue weighted by atomic mass is 15.3. The van der Waals surface area contributed by atoms with E-state index in [4.69, 9.17) is 5.73 Å². The van der Waals surface area contributed by atoms with E-state index in [2.05, 4.69) is 34.8 Å². The summed E-state index contributed by atoms with van der Waals surface area (Å²) >= 11 is 0. The SMILES string of the molecule is Cc1nccc(N2CCN(c3cc(-n4cccn4)nc(N)n3)CC2)n1. The second-order valence-corrected chi connectivity index (χ2v) is 5.83. The maximum Gasteiger partial charge on any atom is 0.224 e. The van der Waals surface area contributed by atoms with Gasteiger partial charge in [-0.2, -0.15) is 15.1 Å². The van der Waals surface area contributed by atoms with Gasteiger partial charge in [-0.3, -0.25) is 0 Å². The fourth-order valence-corrected chi connectivity index (χ4v) is 2.91. The maximum atomic E-state index is 5.89. The van der Waals surface area contributed by atoms with Crippen LogP contribution in [0.4, 0.5) is 17.6 Å². The van der Waals surface area contributed by atoms with Gasteiger partial charge in [-0.05, 0) is 19.1 Å². The van der Waals surface area contributed by atoms with Gasteiger partial charge in [-0.25, -0.2) is 14.6 Å². The van der Waals surface area contributed by atoms with Gasteiger partial charge in [0.05, 0.1) is 0 Å². The molecule has 3 aromatic heterocycles. The average Bonchev–Trinajstić information content (AvgIpc) is 3.16. The number of hydrogen-bond donors (Lipinski definition) is 1. The molecular formula is C16H19N9. The standard InChI is InChI=1S/C16H19N9/c1-12-18-5-3-13(20-12)23-7-9-24(10-8-23)14-11-15(22-16(17)21-14)25-6-2-4-19-25/h2-6,11H,7-10H2,1H3,(H2,17,21,22). The van der Waals surface area contributed by atoms with E-state index in [0.717, 1.165) is 43.6 Å². The minimum Gasteiger partial charge on any atom is -0.368 e. The molecule has 0 bridgehead atoms. The molecule has 128 valence electrons. The fourth-order valence-electron chi connectivity index (χ4n) is 2.91. The van der Waals surface area contributed by atoms with Gasteiger partial charge in [0.2, 0.25) is 5.95 Å². The van der Waals surface area contributed by atoms with Crippen LogP contribution < -0.4 is 15.5 Å². The molecule has 4 heterocycles. The van der Waals surface area contributed by atoms with E-state index in [9.17, 15) is 0 Å². The number of nitrogens with zero attached hydrogens (tertiary/aromatic N) is 8. The lowest BCUT2D eigenvalue weighted by Crippen LogP contribution is -2.47. The molecule has 0 aromatic carbocycles. The number of aromatic nitrogens is 6. The van der Waals surface area contributed by atoms with E-state index in [1.807, 2.05) is 31.3 Å². The van der Waals surface area contributed by atoms with Gasteiger partial charge in [0, 0.05) is 50.8 Å². The molecule has 0 saturated carbocycles. The lowest BCUT2D eigenvalue weighted by molar-refractivity contribution is 0.639. The van der Waals surface area contributed by atoms with Crippen LogP contribution in [0.15, 0.2) is 36.8 Å². The molecule has 25 heavy (non-hydrogen) atoms. The Hall–Kier alpha value is -3.23. The molecule has 4 rings (SSSR count). The Morgan fingerprint density at radius 3 is 2.32 bits per heavy atom. The summed E-state index contributed by atoms with van der Waals surface area (Å²) in [4.78, 5) is 21.8. The van der Waals surface area contributed by atoms with Crippen molar-refractivity contribution in [3.8, 4) is 5.82 Å². The summed E-state index contributed by atoms with van der Waals surface area (Å²) < 4.78 is 1.68. The molecule has 0 atom stereocenters. The largest absolute Gasteiger partial charge is 0.368 e. The molecule has 3 aromatic rings. The monoisotopic (exact) mass is 337 g/mol. The highest BCUT2D eigenvalue weighted by Crippen LogP contribution is 2.20. The summed E-state index contributed by atoms with van der Waals surface area (Å²) in [7, 11) is 0. The molecule has 1 fully saturated rings. The normalized spacial score (nSPS) is 14.8. The average molecular weight is 337 g/mol. The van der Waals surface area contributed by atoms with Crippen molar-refractivity contribution < 1.29 is 0 Å². The first kappa shape index (κ1) is 15.3. The molecule has 0 spiro atoms. The van der Waals surface area contributed by atoms with Gasteiger partial charge in [-0.15, -0.1) is 0 Å². The Morgan fingerprint density at radius 1 is 0.920 bits per heavy atom. The zero-order chi connectivity index (χ0) is 17.2. The van der Waals surface area contributed by atoms with Gasteiger partial charge >= 0.3 is 0 Å². The van der Waals surface area contributed by atoms with Crippen LogP contribution in [0.2, 0.25) is 0 Å². The van der Waals surface area contributed by atoms with Crippen LogP contribution in [0.25, 0.3) is 5.82 Å². The summed E-state index contributed by atoms with van der Waals surface area (Å²) in [5, 5.41) is 4.20. The van der Waals surface area contributed by atoms with Gasteiger partial charge in [-0.1, -0.05) is 0 Å². The molecular weight excluding hydrogens is 318 g/mol. The lowest BCUT2D eigenvalue weighted by Gasteiger charge is -2.36. The predicted octanol–water partition coefficient (Wildman–Crippen LogP) is 0.670. The van der Waals surface area contributed by atoms with Crippen LogP contribution in [-0.4, -0.2) is 55.9 Å². The molecule has 2 N–H and O–H groups in total. The third-order valence-corrected chi connectivity index (χ3v) is 4.14. The predicted molar refractivity (Wildman–Crippen MR) is 94.8 cm³/mol. The smallest absolute Gasteiger partial charge is 0.224 e. The molecule has 1 saturated heterocycles. The zero-order valence-corrected chi connectivity index (χ0v) is 13.9. The first-order valence-corrected chi connectivity index (χ1v) is 8.13. The second-order valence-electron chi connectivity index (χ2n) is 5.83. The summed E-state index contributed by atoms with van der Waals surface area (Å²) in [5.41, 5.74) is 5.89. The van der Waals surface area contributed by atoms with E-state index in [0.29, 0.717) is 5.82 Å². The first-order chi connectivity index (χ1) is 12.2. The number of aryl methyl sites for hydroxylation is 1. The number of nitrogens with two attached hydrogens (primary N) is 1. The van der Waals surface area contributed by atoms with Crippen LogP contribution in [0, 0.1) is 6.92 Å². The molecule has 0 amide bonds. The highest BCUT2D eigenvalue weighted by Gasteiger charge is 2.20. The van der Waals surface area contributed by atoms with Crippen molar-refractivity contribution >= 4 is 17.6 Å². The fraction of sp³-hybridized carbons (Fsp3) is 0.312. The molecule has 9 heteroatoms. The lowest BCUT2D eigenvalue weighted by atomic mass is 10.3. The molecule has 0 radical (unpaired) electrons. The Labute approximate surface area is 145 Å². The van der Waals surface area contributed by atoms with Crippen LogP contribution >= 0.6 is 0 Å². The van der Waals surface area contributed by atoms with Gasteiger partial charge in [0.25, 0.3) is 0 Å². The van der Waals surface area contributed by atoms with E-state index in [1.165, 1.54) is 0 Å². The number of rotatable bonds is 3. The van der Waals surface area contributed by atoms with Crippen LogP contribution in [0.1, 0.15) is 5.82 Å². The van der Waals surface area contributed by atoms with Crippen molar-refractivity contribution in [1.29, 1.82) is 0 Å². The van der Waals surface area contributed by atoms with Crippen LogP contribution in [0.5, 0.6) is 0 Å². The maximum absolute atomic E-state index is 5.89. The van der Waals surface area contributed by atoms with Crippen molar-refractivity contribution in [2.75, 3.05) is 41.7 Å². The summed E-state index contributed by atoms with van der Waals surface area (Å²) in [6.45, 7) is 5.28. The molecule has 9 nitrogen and oxygen atoms in total. The highest BCUT2D eigenvalue weighted by molar-refractivity contribution is 5.50. The quantitative estimate of drug-likeness (QED) is 0.744. The minimum atomic E-state index is 0.247. The topological polar surface area (TPSA) is 102 Å². The number of hydrogen-bond acceptors (Lipinski definition) is 8. The summed E-state index contributed by atoms with van der Waals surface area (Å²) in [6.07, 6.45) is 5.34.